The van der Waals surface area contributed by atoms with Gasteiger partial charge in [0.25, 0.3) is 5.56 Å². The molecule has 2 aromatic rings. The van der Waals surface area contributed by atoms with E-state index in [2.05, 4.69) is 19.5 Å². The summed E-state index contributed by atoms with van der Waals surface area (Å²) in [6.45, 7) is -0.122. The van der Waals surface area contributed by atoms with E-state index in [1.54, 1.807) is 0 Å². The zero-order valence-corrected chi connectivity index (χ0v) is 14.0. The molecule has 3 unspecified atom stereocenters. The second kappa shape index (κ2) is 6.12. The molecule has 1 fully saturated rings. The average Bonchev–Trinajstić information content (AvgIpc) is 2.97. The van der Waals surface area contributed by atoms with Crippen molar-refractivity contribution in [3.8, 4) is 0 Å². The molecule has 4 atom stereocenters. The topological polar surface area (TPSA) is 164 Å². The minimum Gasteiger partial charge on any atom is -0.382 e. The molecule has 0 spiro atoms. The van der Waals surface area contributed by atoms with Gasteiger partial charge in [0.15, 0.2) is 17.3 Å². The van der Waals surface area contributed by atoms with Crippen molar-refractivity contribution in [3.63, 3.8) is 0 Å². The number of halogens is 1. The number of fused-ring (bicyclic) bond motifs is 1. The number of nitrogens with zero attached hydrogens (tertiary/aromatic N) is 3. The summed E-state index contributed by atoms with van der Waals surface area (Å²) in [7, 11) is -2.27. The van der Waals surface area contributed by atoms with Crippen molar-refractivity contribution < 1.29 is 32.4 Å². The van der Waals surface area contributed by atoms with Crippen LogP contribution in [0, 0.1) is 0 Å². The number of phosphoric ester groups is 1. The summed E-state index contributed by atoms with van der Waals surface area (Å²) in [5.74, 6) is -3.04. The Morgan fingerprint density at radius 1 is 1.60 bits per heavy atom. The van der Waals surface area contributed by atoms with Crippen molar-refractivity contribution in [1.29, 1.82) is 0 Å². The number of nitrogen functional groups attached to an aromatic ring is 1. The van der Waals surface area contributed by atoms with E-state index in [4.69, 9.17) is 19.7 Å². The Bertz CT molecular complexity index is 903. The smallest absolute Gasteiger partial charge is 0.382 e. The molecular formula is C11H15FN5O7P. The van der Waals surface area contributed by atoms with Gasteiger partial charge < -0.3 is 20.1 Å². The van der Waals surface area contributed by atoms with Gasteiger partial charge in [-0.15, -0.1) is 0 Å². The van der Waals surface area contributed by atoms with Crippen molar-refractivity contribution in [1.82, 2.24) is 19.5 Å². The molecule has 12 nitrogen and oxygen atoms in total. The summed E-state index contributed by atoms with van der Waals surface area (Å²) in [5, 5.41) is 0. The highest BCUT2D eigenvalue weighted by Crippen LogP contribution is 2.52. The highest BCUT2D eigenvalue weighted by Gasteiger charge is 2.62. The highest BCUT2D eigenvalue weighted by atomic mass is 31.2. The first-order chi connectivity index (χ1) is 11.7. The third-order valence-electron chi connectivity index (χ3n) is 3.57. The lowest BCUT2D eigenvalue weighted by atomic mass is 10.1. The number of hydrogen-bond acceptors (Lipinski definition) is 9. The molecule has 1 aliphatic rings. The van der Waals surface area contributed by atoms with Crippen molar-refractivity contribution in [2.24, 2.45) is 0 Å². The third-order valence-corrected chi connectivity index (χ3v) is 4.52. The molecular weight excluding hydrogens is 364 g/mol. The zero-order chi connectivity index (χ0) is 18.4. The quantitative estimate of drug-likeness (QED) is 0.555. The molecule has 25 heavy (non-hydrogen) atoms. The maximum Gasteiger partial charge on any atom is 0.472 e. The first-order valence-corrected chi connectivity index (χ1v) is 8.37. The number of aromatic nitrogens is 4. The lowest BCUT2D eigenvalue weighted by Gasteiger charge is -2.48. The van der Waals surface area contributed by atoms with Gasteiger partial charge >= 0.3 is 13.8 Å². The SMILES string of the molecule is COCC1OC(F)(n2cnc3c(=O)[nH]c(N)nc32)[C@H]1OP(=O)(O)OC. The molecule has 1 aliphatic heterocycles. The first kappa shape index (κ1) is 17.9. The van der Waals surface area contributed by atoms with Gasteiger partial charge in [0, 0.05) is 14.2 Å². The Morgan fingerprint density at radius 3 is 2.96 bits per heavy atom. The van der Waals surface area contributed by atoms with E-state index in [1.807, 2.05) is 0 Å². The normalized spacial score (nSPS) is 28.6. The van der Waals surface area contributed by atoms with Crippen LogP contribution in [0.3, 0.4) is 0 Å². The Kier molecular flexibility index (Phi) is 4.39. The van der Waals surface area contributed by atoms with Crippen molar-refractivity contribution in [2.45, 2.75) is 18.2 Å². The molecule has 0 bridgehead atoms. The second-order valence-corrected chi connectivity index (χ2v) is 6.65. The maximum atomic E-state index is 15.4. The average molecular weight is 379 g/mol. The van der Waals surface area contributed by atoms with Crippen LogP contribution in [0.2, 0.25) is 0 Å². The van der Waals surface area contributed by atoms with E-state index in [1.165, 1.54) is 7.11 Å². The molecule has 14 heteroatoms. The van der Waals surface area contributed by atoms with Gasteiger partial charge in [0.05, 0.1) is 6.61 Å². The predicted octanol–water partition coefficient (Wildman–Crippen LogP) is -0.541. The van der Waals surface area contributed by atoms with E-state index in [0.717, 1.165) is 18.0 Å². The molecule has 3 rings (SSSR count). The Labute approximate surface area is 139 Å². The fourth-order valence-corrected chi connectivity index (χ4v) is 3.09. The fraction of sp³-hybridized carbons (Fsp3) is 0.545. The van der Waals surface area contributed by atoms with E-state index in [-0.39, 0.29) is 23.7 Å². The van der Waals surface area contributed by atoms with Gasteiger partial charge in [-0.2, -0.15) is 9.37 Å². The minimum atomic E-state index is -4.54. The summed E-state index contributed by atoms with van der Waals surface area (Å²) in [5.41, 5.74) is 4.37. The first-order valence-electron chi connectivity index (χ1n) is 6.87. The minimum absolute atomic E-state index is 0.122. The summed E-state index contributed by atoms with van der Waals surface area (Å²) >= 11 is 0. The van der Waals surface area contributed by atoms with E-state index >= 15 is 4.39 Å². The Morgan fingerprint density at radius 2 is 2.32 bits per heavy atom. The monoisotopic (exact) mass is 379 g/mol. The number of hydrogen-bond donors (Lipinski definition) is 3. The van der Waals surface area contributed by atoms with Gasteiger partial charge in [-0.05, 0) is 0 Å². The molecule has 0 aliphatic carbocycles. The fourth-order valence-electron chi connectivity index (χ4n) is 2.45. The third kappa shape index (κ3) is 2.94. The number of nitrogens with two attached hydrogens (primary N) is 1. The number of ether oxygens (including phenoxy) is 2. The van der Waals surface area contributed by atoms with Gasteiger partial charge in [-0.25, -0.2) is 9.55 Å². The number of rotatable bonds is 6. The molecule has 1 saturated heterocycles. The van der Waals surface area contributed by atoms with Crippen LogP contribution in [0.5, 0.6) is 0 Å². The van der Waals surface area contributed by atoms with Crippen LogP contribution in [-0.2, 0) is 29.1 Å². The van der Waals surface area contributed by atoms with Gasteiger partial charge in [0.2, 0.25) is 5.95 Å². The lowest BCUT2D eigenvalue weighted by molar-refractivity contribution is -0.394. The second-order valence-electron chi connectivity index (χ2n) is 5.14. The van der Waals surface area contributed by atoms with Crippen molar-refractivity contribution >= 4 is 24.9 Å². The summed E-state index contributed by atoms with van der Waals surface area (Å²) in [6, 6.07) is 0. The molecule has 138 valence electrons. The molecule has 0 amide bonds. The predicted molar refractivity (Wildman–Crippen MR) is 80.1 cm³/mol. The van der Waals surface area contributed by atoms with Crippen LogP contribution < -0.4 is 11.3 Å². The highest BCUT2D eigenvalue weighted by molar-refractivity contribution is 7.47. The molecule has 4 N–H and O–H groups in total. The molecule has 2 aromatic heterocycles. The molecule has 0 aromatic carbocycles. The summed E-state index contributed by atoms with van der Waals surface area (Å²) in [4.78, 5) is 31.1. The van der Waals surface area contributed by atoms with Crippen LogP contribution >= 0.6 is 7.82 Å². The largest absolute Gasteiger partial charge is 0.472 e. The number of methoxy groups -OCH3 is 1. The number of anilines is 1. The van der Waals surface area contributed by atoms with E-state index in [0.29, 0.717) is 0 Å². The van der Waals surface area contributed by atoms with E-state index < -0.39 is 31.6 Å². The Hall–Kier alpha value is -1.89. The number of alkyl halides is 1. The zero-order valence-electron chi connectivity index (χ0n) is 13.1. The molecule has 3 heterocycles. The number of phosphoric acid groups is 1. The number of aromatic amines is 1. The van der Waals surface area contributed by atoms with Crippen LogP contribution in [0.15, 0.2) is 11.1 Å². The maximum absolute atomic E-state index is 15.4. The number of imidazole rings is 1. The van der Waals surface area contributed by atoms with Crippen LogP contribution in [0.1, 0.15) is 0 Å². The summed E-state index contributed by atoms with van der Waals surface area (Å²) < 4.78 is 47.0. The van der Waals surface area contributed by atoms with Crippen LogP contribution in [0.25, 0.3) is 11.2 Å². The molecule has 0 radical (unpaired) electrons. The molecule has 0 saturated carbocycles. The van der Waals surface area contributed by atoms with Gasteiger partial charge in [0.1, 0.15) is 12.4 Å². The number of nitrogens with one attached hydrogen (secondary N) is 1. The van der Waals surface area contributed by atoms with Crippen molar-refractivity contribution in [2.75, 3.05) is 26.6 Å². The lowest BCUT2D eigenvalue weighted by Crippen LogP contribution is -2.64. The summed E-state index contributed by atoms with van der Waals surface area (Å²) in [6.07, 6.45) is -1.66. The number of H-pyrrole nitrogens is 1. The van der Waals surface area contributed by atoms with Gasteiger partial charge in [-0.3, -0.25) is 23.4 Å². The Balaban J connectivity index is 2.05. The van der Waals surface area contributed by atoms with Crippen LogP contribution in [-0.4, -0.2) is 57.4 Å². The van der Waals surface area contributed by atoms with E-state index in [9.17, 15) is 14.3 Å². The standard InChI is InChI=1S/C11H15FN5O7P/c1-21-3-5-7(24-25(19,20)22-2)11(12,23-5)17-4-14-6-8(17)15-10(13)16-9(6)18/h4-5,7H,3H2,1-2H3,(H,19,20)(H3,13,15,16,18)/t5?,7-,11?/m0/s1. The van der Waals surface area contributed by atoms with Gasteiger partial charge in [-0.1, -0.05) is 0 Å². The van der Waals surface area contributed by atoms with Crippen LogP contribution in [0.4, 0.5) is 10.3 Å². The van der Waals surface area contributed by atoms with Crippen molar-refractivity contribution in [3.05, 3.63) is 16.7 Å².